The Bertz CT molecular complexity index is 122. The maximum atomic E-state index is 7.27. The first-order valence-electron chi connectivity index (χ1n) is 6.21. The Morgan fingerprint density at radius 1 is 0.529 bits per heavy atom. The number of hydrogen-bond acceptors (Lipinski definition) is 0. The molecule has 6 N–H and O–H groups in total. The SMILES string of the molecule is O.O.[NH-]C1CCCCC1.[NH-]C1CCCCC1.[Pt+4]. The van der Waals surface area contributed by atoms with E-state index in [4.69, 9.17) is 11.5 Å². The molecule has 0 radical (unpaired) electrons. The summed E-state index contributed by atoms with van der Waals surface area (Å²) >= 11 is 0. The summed E-state index contributed by atoms with van der Waals surface area (Å²) in [5.74, 6) is 0. The van der Waals surface area contributed by atoms with Crippen molar-refractivity contribution in [2.45, 2.75) is 76.3 Å². The van der Waals surface area contributed by atoms with Gasteiger partial charge in [-0.3, -0.25) is 0 Å². The standard InChI is InChI=1S/2C6H12N.2H2O.Pt/c2*7-6-4-2-1-3-5-6;;;/h2*6-7H,1-5H2;2*1H2;/q2*-1;;;+4. The topological polar surface area (TPSA) is 111 Å². The van der Waals surface area contributed by atoms with Crippen molar-refractivity contribution in [3.63, 3.8) is 0 Å². The van der Waals surface area contributed by atoms with Gasteiger partial charge in [-0.15, -0.1) is 12.1 Å². The van der Waals surface area contributed by atoms with Crippen molar-refractivity contribution in [2.75, 3.05) is 0 Å². The molecule has 2 aliphatic carbocycles. The van der Waals surface area contributed by atoms with E-state index in [9.17, 15) is 0 Å². The Morgan fingerprint density at radius 3 is 0.882 bits per heavy atom. The summed E-state index contributed by atoms with van der Waals surface area (Å²) in [5.41, 5.74) is 14.5. The fraction of sp³-hybridized carbons (Fsp3) is 1.00. The average Bonchev–Trinajstić information content (AvgIpc) is 2.21. The van der Waals surface area contributed by atoms with Gasteiger partial charge in [0.25, 0.3) is 0 Å². The summed E-state index contributed by atoms with van der Waals surface area (Å²) in [6, 6.07) is 0.572. The maximum absolute atomic E-state index is 7.27. The van der Waals surface area contributed by atoms with Crippen LogP contribution >= 0.6 is 0 Å². The van der Waals surface area contributed by atoms with Crippen LogP contribution in [0.25, 0.3) is 11.5 Å². The Balaban J connectivity index is -0.000000196. The zero-order valence-electron chi connectivity index (χ0n) is 10.5. The average molecular weight is 427 g/mol. The van der Waals surface area contributed by atoms with Crippen LogP contribution in [-0.4, -0.2) is 23.0 Å². The first-order valence-corrected chi connectivity index (χ1v) is 6.21. The molecule has 0 bridgehead atoms. The molecule has 0 spiro atoms. The van der Waals surface area contributed by atoms with Gasteiger partial charge in [0.2, 0.25) is 0 Å². The number of rotatable bonds is 0. The molecule has 0 atom stereocenters. The van der Waals surface area contributed by atoms with Gasteiger partial charge >= 0.3 is 21.1 Å². The fourth-order valence-corrected chi connectivity index (χ4v) is 2.21. The quantitative estimate of drug-likeness (QED) is 0.566. The molecule has 0 aromatic carbocycles. The van der Waals surface area contributed by atoms with Crippen LogP contribution in [0, 0.1) is 0 Å². The molecule has 106 valence electrons. The molecule has 2 rings (SSSR count). The van der Waals surface area contributed by atoms with E-state index in [2.05, 4.69) is 0 Å². The molecular formula is C12H28N2O2Pt+2. The van der Waals surface area contributed by atoms with Gasteiger partial charge < -0.3 is 22.4 Å². The van der Waals surface area contributed by atoms with Gasteiger partial charge in [-0.05, 0) is 0 Å². The predicted octanol–water partition coefficient (Wildman–Crippen LogP) is 3.09. The normalized spacial score (nSPS) is 20.8. The monoisotopic (exact) mass is 427 g/mol. The van der Waals surface area contributed by atoms with Crippen LogP contribution < -0.4 is 0 Å². The molecule has 0 amide bonds. The Morgan fingerprint density at radius 2 is 0.765 bits per heavy atom. The largest absolute Gasteiger partial charge is 4.00 e. The van der Waals surface area contributed by atoms with E-state index >= 15 is 0 Å². The third-order valence-corrected chi connectivity index (χ3v) is 3.21. The van der Waals surface area contributed by atoms with E-state index < -0.39 is 0 Å². The van der Waals surface area contributed by atoms with Crippen LogP contribution in [0.2, 0.25) is 0 Å². The second-order valence-corrected chi connectivity index (χ2v) is 4.67. The smallest absolute Gasteiger partial charge is 0.675 e. The molecule has 0 saturated heterocycles. The minimum absolute atomic E-state index is 0. The van der Waals surface area contributed by atoms with Crippen LogP contribution in [0.15, 0.2) is 0 Å². The van der Waals surface area contributed by atoms with Crippen LogP contribution in [-0.2, 0) is 21.1 Å². The van der Waals surface area contributed by atoms with E-state index in [0.717, 1.165) is 25.7 Å². The van der Waals surface area contributed by atoms with E-state index in [1.807, 2.05) is 0 Å². The van der Waals surface area contributed by atoms with Gasteiger partial charge in [-0.2, -0.15) is 0 Å². The van der Waals surface area contributed by atoms with Crippen LogP contribution in [0.4, 0.5) is 0 Å². The van der Waals surface area contributed by atoms with Crippen LogP contribution in [0.3, 0.4) is 0 Å². The summed E-state index contributed by atoms with van der Waals surface area (Å²) in [6.07, 6.45) is 12.6. The molecular weight excluding hydrogens is 399 g/mol. The maximum Gasteiger partial charge on any atom is 4.00 e. The van der Waals surface area contributed by atoms with Crippen molar-refractivity contribution in [2.24, 2.45) is 0 Å². The van der Waals surface area contributed by atoms with Gasteiger partial charge in [0, 0.05) is 0 Å². The summed E-state index contributed by atoms with van der Waals surface area (Å²) in [7, 11) is 0. The second kappa shape index (κ2) is 14.6. The molecule has 0 unspecified atom stereocenters. The third-order valence-electron chi connectivity index (χ3n) is 3.21. The van der Waals surface area contributed by atoms with Crippen molar-refractivity contribution >= 4 is 0 Å². The van der Waals surface area contributed by atoms with E-state index in [1.165, 1.54) is 38.5 Å². The Hall–Kier alpha value is 0.528. The predicted molar refractivity (Wildman–Crippen MR) is 69.6 cm³/mol. The number of nitrogens with one attached hydrogen (secondary N) is 2. The van der Waals surface area contributed by atoms with Crippen LogP contribution in [0.1, 0.15) is 64.2 Å². The van der Waals surface area contributed by atoms with Crippen molar-refractivity contribution in [3.8, 4) is 0 Å². The molecule has 0 aliphatic heterocycles. The summed E-state index contributed by atoms with van der Waals surface area (Å²) < 4.78 is 0. The van der Waals surface area contributed by atoms with Gasteiger partial charge in [-0.1, -0.05) is 64.2 Å². The molecule has 0 aromatic rings. The zero-order valence-corrected chi connectivity index (χ0v) is 12.8. The minimum atomic E-state index is 0. The van der Waals surface area contributed by atoms with E-state index in [-0.39, 0.29) is 44.1 Å². The van der Waals surface area contributed by atoms with Crippen molar-refractivity contribution in [1.82, 2.24) is 0 Å². The summed E-state index contributed by atoms with van der Waals surface area (Å²) in [6.45, 7) is 0. The van der Waals surface area contributed by atoms with E-state index in [1.54, 1.807) is 0 Å². The van der Waals surface area contributed by atoms with Crippen molar-refractivity contribution < 1.29 is 32.0 Å². The molecule has 5 heteroatoms. The summed E-state index contributed by atoms with van der Waals surface area (Å²) in [4.78, 5) is 0. The van der Waals surface area contributed by atoms with Gasteiger partial charge in [0.05, 0.1) is 0 Å². The third kappa shape index (κ3) is 12.8. The van der Waals surface area contributed by atoms with Crippen LogP contribution in [0.5, 0.6) is 0 Å². The van der Waals surface area contributed by atoms with Gasteiger partial charge in [-0.25, -0.2) is 0 Å². The van der Waals surface area contributed by atoms with Crippen molar-refractivity contribution in [1.29, 1.82) is 0 Å². The van der Waals surface area contributed by atoms with Gasteiger partial charge in [0.15, 0.2) is 0 Å². The summed E-state index contributed by atoms with van der Waals surface area (Å²) in [5, 5.41) is 0. The minimum Gasteiger partial charge on any atom is -0.675 e. The zero-order chi connectivity index (χ0) is 10.2. The van der Waals surface area contributed by atoms with Crippen molar-refractivity contribution in [3.05, 3.63) is 11.5 Å². The molecule has 2 fully saturated rings. The molecule has 17 heavy (non-hydrogen) atoms. The fourth-order valence-electron chi connectivity index (χ4n) is 2.21. The Labute approximate surface area is 120 Å². The molecule has 2 saturated carbocycles. The molecule has 4 nitrogen and oxygen atoms in total. The van der Waals surface area contributed by atoms with E-state index in [0.29, 0.717) is 0 Å². The number of hydrogen-bond donors (Lipinski definition) is 0. The molecule has 0 heterocycles. The first-order chi connectivity index (χ1) is 6.79. The first kappa shape index (κ1) is 22.7. The Kier molecular flexibility index (Phi) is 19.5. The second-order valence-electron chi connectivity index (χ2n) is 4.67. The molecule has 0 aromatic heterocycles. The van der Waals surface area contributed by atoms with Gasteiger partial charge in [0.1, 0.15) is 0 Å². The molecule has 2 aliphatic rings.